The van der Waals surface area contributed by atoms with Crippen molar-refractivity contribution in [2.45, 2.75) is 24.4 Å². The molecule has 2 fully saturated rings. The summed E-state index contributed by atoms with van der Waals surface area (Å²) >= 11 is 1.40. The molecular weight excluding hydrogens is 458 g/mol. The number of thiophene rings is 1. The lowest BCUT2D eigenvalue weighted by atomic mass is 9.85. The van der Waals surface area contributed by atoms with E-state index in [1.807, 2.05) is 17.5 Å². The predicted octanol–water partition coefficient (Wildman–Crippen LogP) is 0.814. The van der Waals surface area contributed by atoms with Crippen molar-refractivity contribution >= 4 is 35.0 Å². The quantitative estimate of drug-likeness (QED) is 0.178. The van der Waals surface area contributed by atoms with Crippen LogP contribution in [0.25, 0.3) is 0 Å². The predicted molar refractivity (Wildman–Crippen MR) is 126 cm³/mol. The maximum atomic E-state index is 13.2. The molecule has 180 valence electrons. The Hall–Kier alpha value is -3.44. The van der Waals surface area contributed by atoms with E-state index < -0.39 is 29.4 Å². The molecule has 11 heteroatoms. The molecular formula is C23H27N5O5S. The third kappa shape index (κ3) is 4.36. The second-order valence-electron chi connectivity index (χ2n) is 8.27. The number of hydrogen-bond acceptors (Lipinski definition) is 7. The first kappa shape index (κ1) is 23.7. The lowest BCUT2D eigenvalue weighted by molar-refractivity contribution is -0.164. The van der Waals surface area contributed by atoms with Gasteiger partial charge in [0, 0.05) is 30.1 Å². The van der Waals surface area contributed by atoms with Crippen molar-refractivity contribution in [3.8, 4) is 5.75 Å². The van der Waals surface area contributed by atoms with Crippen LogP contribution in [0.2, 0.25) is 0 Å². The molecule has 0 spiro atoms. The van der Waals surface area contributed by atoms with E-state index in [1.54, 1.807) is 24.3 Å². The highest BCUT2D eigenvalue weighted by atomic mass is 32.1. The number of carboxylic acid groups (broad SMARTS) is 1. The van der Waals surface area contributed by atoms with E-state index >= 15 is 0 Å². The van der Waals surface area contributed by atoms with Gasteiger partial charge >= 0.3 is 17.8 Å². The van der Waals surface area contributed by atoms with Crippen molar-refractivity contribution in [1.82, 2.24) is 15.1 Å². The zero-order valence-corrected chi connectivity index (χ0v) is 19.3. The third-order valence-electron chi connectivity index (χ3n) is 6.32. The highest BCUT2D eigenvalue weighted by Gasteiger charge is 2.56. The molecule has 4 rings (SSSR count). The summed E-state index contributed by atoms with van der Waals surface area (Å²) in [6.07, 6.45) is 0.961. The number of ether oxygens (including phenoxy) is 1. The lowest BCUT2D eigenvalue weighted by Gasteiger charge is -2.46. The van der Waals surface area contributed by atoms with E-state index in [1.165, 1.54) is 21.1 Å². The second-order valence-corrected chi connectivity index (χ2v) is 9.21. The third-order valence-corrected chi connectivity index (χ3v) is 7.36. The molecule has 1 aromatic carbocycles. The molecule has 2 amide bonds. The summed E-state index contributed by atoms with van der Waals surface area (Å²) in [7, 11) is 0. The van der Waals surface area contributed by atoms with Crippen molar-refractivity contribution in [2.24, 2.45) is 5.73 Å². The SMILES string of the molecule is N=C(N)c1ccc(OCCCN2CCN(C3(c4cccs4)CCNC3C(=O)O)C(=O)C2=O)cc1. The largest absolute Gasteiger partial charge is 0.494 e. The van der Waals surface area contributed by atoms with Gasteiger partial charge in [0.25, 0.3) is 0 Å². The van der Waals surface area contributed by atoms with Crippen molar-refractivity contribution in [2.75, 3.05) is 32.8 Å². The van der Waals surface area contributed by atoms with Gasteiger partial charge in [0.2, 0.25) is 0 Å². The molecule has 2 aromatic rings. The zero-order chi connectivity index (χ0) is 24.3. The number of nitrogens with two attached hydrogens (primary N) is 1. The van der Waals surface area contributed by atoms with Crippen LogP contribution in [0.3, 0.4) is 0 Å². The molecule has 0 bridgehead atoms. The molecule has 0 aliphatic carbocycles. The molecule has 5 N–H and O–H groups in total. The van der Waals surface area contributed by atoms with E-state index in [-0.39, 0.29) is 12.4 Å². The standard InChI is InChI=1S/C23H27N5O5S/c24-19(25)15-4-6-16(7-5-15)33-13-2-10-27-11-12-28(21(30)20(27)29)23(17-3-1-14-34-17)8-9-26-18(23)22(31)32/h1,3-7,14,18,26H,2,8-13H2,(H3,24,25)(H,31,32). The fourth-order valence-corrected chi connectivity index (χ4v) is 5.67. The molecule has 3 heterocycles. The van der Waals surface area contributed by atoms with Crippen LogP contribution in [-0.4, -0.2) is 77.4 Å². The van der Waals surface area contributed by atoms with Gasteiger partial charge in [-0.25, -0.2) is 0 Å². The van der Waals surface area contributed by atoms with Gasteiger partial charge in [-0.2, -0.15) is 0 Å². The minimum Gasteiger partial charge on any atom is -0.494 e. The number of benzene rings is 1. The first-order chi connectivity index (χ1) is 16.3. The number of rotatable bonds is 9. The zero-order valence-electron chi connectivity index (χ0n) is 18.5. The first-order valence-corrected chi connectivity index (χ1v) is 11.9. The number of carboxylic acids is 1. The number of amidine groups is 1. The van der Waals surface area contributed by atoms with Crippen LogP contribution in [0.15, 0.2) is 41.8 Å². The number of nitrogens with one attached hydrogen (secondary N) is 2. The van der Waals surface area contributed by atoms with Crippen molar-refractivity contribution in [1.29, 1.82) is 5.41 Å². The average molecular weight is 486 g/mol. The van der Waals surface area contributed by atoms with E-state index in [0.717, 1.165) is 4.88 Å². The van der Waals surface area contributed by atoms with Crippen molar-refractivity contribution in [3.63, 3.8) is 0 Å². The van der Waals surface area contributed by atoms with E-state index in [0.29, 0.717) is 50.4 Å². The number of carbonyl (C=O) groups excluding carboxylic acids is 2. The molecule has 2 saturated heterocycles. The van der Waals surface area contributed by atoms with E-state index in [4.69, 9.17) is 15.9 Å². The van der Waals surface area contributed by atoms with Crippen LogP contribution in [0.4, 0.5) is 0 Å². The highest BCUT2D eigenvalue weighted by molar-refractivity contribution is 7.10. The number of carbonyl (C=O) groups is 3. The first-order valence-electron chi connectivity index (χ1n) is 11.0. The van der Waals surface area contributed by atoms with Gasteiger partial charge in [-0.3, -0.25) is 19.8 Å². The summed E-state index contributed by atoms with van der Waals surface area (Å²) in [6, 6.07) is 9.53. The monoisotopic (exact) mass is 485 g/mol. The summed E-state index contributed by atoms with van der Waals surface area (Å²) in [5.41, 5.74) is 4.98. The topological polar surface area (TPSA) is 149 Å². The smallest absolute Gasteiger partial charge is 0.323 e. The number of nitrogens with zero attached hydrogens (tertiary/aromatic N) is 2. The van der Waals surface area contributed by atoms with Crippen molar-refractivity contribution in [3.05, 3.63) is 52.2 Å². The number of hydrogen-bond donors (Lipinski definition) is 4. The van der Waals surface area contributed by atoms with Gasteiger partial charge in [-0.1, -0.05) is 6.07 Å². The Kier molecular flexibility index (Phi) is 6.85. The number of piperazine rings is 1. The summed E-state index contributed by atoms with van der Waals surface area (Å²) < 4.78 is 5.68. The molecule has 34 heavy (non-hydrogen) atoms. The number of amides is 2. The molecule has 10 nitrogen and oxygen atoms in total. The van der Waals surface area contributed by atoms with Gasteiger partial charge in [-0.15, -0.1) is 11.3 Å². The summed E-state index contributed by atoms with van der Waals surface area (Å²) in [5, 5.41) is 22.1. The molecule has 2 aliphatic heterocycles. The normalized spacial score (nSPS) is 22.8. The second kappa shape index (κ2) is 9.82. The average Bonchev–Trinajstić information content (AvgIpc) is 3.50. The molecule has 2 aliphatic rings. The Labute approximate surface area is 200 Å². The summed E-state index contributed by atoms with van der Waals surface area (Å²) in [6.45, 7) is 1.75. The fourth-order valence-electron chi connectivity index (χ4n) is 4.67. The minimum absolute atomic E-state index is 0.0159. The number of nitrogen functional groups attached to an aromatic ring is 1. The lowest BCUT2D eigenvalue weighted by Crippen LogP contribution is -2.65. The Bertz CT molecular complexity index is 1070. The Morgan fingerprint density at radius 2 is 2.00 bits per heavy atom. The highest BCUT2D eigenvalue weighted by Crippen LogP contribution is 2.42. The fraction of sp³-hybridized carbons (Fsp3) is 0.391. The van der Waals surface area contributed by atoms with Crippen LogP contribution in [0.1, 0.15) is 23.3 Å². The van der Waals surface area contributed by atoms with Gasteiger partial charge in [0.05, 0.1) is 6.61 Å². The molecule has 0 saturated carbocycles. The molecule has 2 unspecified atom stereocenters. The van der Waals surface area contributed by atoms with Crippen LogP contribution in [-0.2, 0) is 19.9 Å². The van der Waals surface area contributed by atoms with Gasteiger partial charge in [-0.05, 0) is 55.1 Å². The van der Waals surface area contributed by atoms with E-state index in [9.17, 15) is 19.5 Å². The summed E-state index contributed by atoms with van der Waals surface area (Å²) in [4.78, 5) is 41.9. The van der Waals surface area contributed by atoms with Gasteiger partial charge in [0.1, 0.15) is 23.2 Å². The molecule has 2 atom stereocenters. The minimum atomic E-state index is -1.08. The van der Waals surface area contributed by atoms with Crippen LogP contribution in [0, 0.1) is 5.41 Å². The van der Waals surface area contributed by atoms with Gasteiger partial charge in [0.15, 0.2) is 0 Å². The van der Waals surface area contributed by atoms with Gasteiger partial charge < -0.3 is 30.7 Å². The maximum Gasteiger partial charge on any atom is 0.323 e. The van der Waals surface area contributed by atoms with Crippen LogP contribution < -0.4 is 15.8 Å². The Morgan fingerprint density at radius 3 is 2.65 bits per heavy atom. The van der Waals surface area contributed by atoms with Crippen LogP contribution in [0.5, 0.6) is 5.75 Å². The van der Waals surface area contributed by atoms with Crippen molar-refractivity contribution < 1.29 is 24.2 Å². The van der Waals surface area contributed by atoms with Crippen LogP contribution >= 0.6 is 11.3 Å². The Morgan fingerprint density at radius 1 is 1.24 bits per heavy atom. The molecule has 1 aromatic heterocycles. The number of aliphatic carboxylic acids is 1. The summed E-state index contributed by atoms with van der Waals surface area (Å²) in [5.74, 6) is -1.72. The molecule has 0 radical (unpaired) electrons. The Balaban J connectivity index is 1.38. The maximum absolute atomic E-state index is 13.2. The van der Waals surface area contributed by atoms with E-state index in [2.05, 4.69) is 5.32 Å².